The van der Waals surface area contributed by atoms with Crippen LogP contribution in [0.25, 0.3) is 0 Å². The van der Waals surface area contributed by atoms with Gasteiger partial charge in [-0.15, -0.1) is 16.1 Å². The van der Waals surface area contributed by atoms with Crippen molar-refractivity contribution in [1.82, 2.24) is 10.7 Å². The topological polar surface area (TPSA) is 64.9 Å². The van der Waals surface area contributed by atoms with Gasteiger partial charge in [-0.2, -0.15) is 0 Å². The minimum atomic E-state index is -1.23. The van der Waals surface area contributed by atoms with Crippen molar-refractivity contribution in [2.24, 2.45) is 10.9 Å². The quantitative estimate of drug-likeness (QED) is 0.476. The molecule has 0 radical (unpaired) electrons. The molecular formula is C7H9ClFN3O2. The number of aliphatic imine (C=N–C) groups is 1. The highest BCUT2D eigenvalue weighted by atomic mass is 35.5. The number of hydrogen-bond acceptors (Lipinski definition) is 4. The molecule has 7 heteroatoms. The van der Waals surface area contributed by atoms with Gasteiger partial charge in [0.1, 0.15) is 0 Å². The zero-order chi connectivity index (χ0) is 10.3. The number of carbonyl (C=O) groups is 1. The van der Waals surface area contributed by atoms with E-state index in [1.165, 1.54) is 6.21 Å². The summed E-state index contributed by atoms with van der Waals surface area (Å²) in [6, 6.07) is -1.55. The predicted octanol–water partition coefficient (Wildman–Crippen LogP) is -0.179. The van der Waals surface area contributed by atoms with Gasteiger partial charge in [0.2, 0.25) is 0 Å². The summed E-state index contributed by atoms with van der Waals surface area (Å²) in [5, 5.41) is 8.39. The summed E-state index contributed by atoms with van der Waals surface area (Å²) < 4.78 is 13.1. The molecule has 0 bridgehead atoms. The van der Waals surface area contributed by atoms with Crippen LogP contribution >= 0.6 is 11.6 Å². The third-order valence-corrected chi connectivity index (χ3v) is 2.94. The highest BCUT2D eigenvalue weighted by molar-refractivity contribution is 6.28. The molecule has 0 aliphatic carbocycles. The largest absolute Gasteiger partial charge is 0.480 e. The van der Waals surface area contributed by atoms with Crippen molar-refractivity contribution in [3.63, 3.8) is 0 Å². The molecule has 0 amide bonds. The van der Waals surface area contributed by atoms with Gasteiger partial charge in [-0.3, -0.25) is 9.79 Å². The second-order valence-electron chi connectivity index (χ2n) is 3.37. The molecule has 4 atom stereocenters. The van der Waals surface area contributed by atoms with Crippen LogP contribution in [-0.4, -0.2) is 46.5 Å². The lowest BCUT2D eigenvalue weighted by Crippen LogP contribution is -2.43. The number of rotatable bonds is 1. The predicted molar refractivity (Wildman–Crippen MR) is 47.8 cm³/mol. The van der Waals surface area contributed by atoms with E-state index in [0.29, 0.717) is 6.54 Å². The van der Waals surface area contributed by atoms with E-state index in [2.05, 4.69) is 10.4 Å². The van der Waals surface area contributed by atoms with E-state index < -0.39 is 23.3 Å². The van der Waals surface area contributed by atoms with Crippen LogP contribution in [-0.2, 0) is 4.79 Å². The maximum Gasteiger partial charge on any atom is 0.325 e. The molecule has 2 N–H and O–H groups in total. The Kier molecular flexibility index (Phi) is 2.42. The normalized spacial score (nSPS) is 42.4. The summed E-state index contributed by atoms with van der Waals surface area (Å²) in [5.41, 5.74) is 2.41. The van der Waals surface area contributed by atoms with Gasteiger partial charge in [0, 0.05) is 12.1 Å². The summed E-state index contributed by atoms with van der Waals surface area (Å²) in [6.45, 7) is 0.359. The van der Waals surface area contributed by atoms with Gasteiger partial charge in [0.15, 0.2) is 6.04 Å². The molecule has 2 aliphatic rings. The summed E-state index contributed by atoms with van der Waals surface area (Å²) in [6.07, 6.45) is 1.47. The van der Waals surface area contributed by atoms with Gasteiger partial charge in [-0.1, -0.05) is 5.23 Å². The molecule has 0 saturated carbocycles. The number of carboxylic acid groups (broad SMARTS) is 1. The van der Waals surface area contributed by atoms with Crippen molar-refractivity contribution >= 4 is 23.8 Å². The van der Waals surface area contributed by atoms with Crippen molar-refractivity contribution in [3.05, 3.63) is 0 Å². The van der Waals surface area contributed by atoms with Gasteiger partial charge < -0.3 is 5.11 Å². The van der Waals surface area contributed by atoms with Gasteiger partial charge >= 0.3 is 5.97 Å². The van der Waals surface area contributed by atoms with Crippen LogP contribution in [0.15, 0.2) is 4.99 Å². The van der Waals surface area contributed by atoms with Crippen LogP contribution < -0.4 is 5.43 Å². The second-order valence-corrected chi connectivity index (χ2v) is 3.87. The lowest BCUT2D eigenvalue weighted by molar-refractivity contribution is -0.153. The van der Waals surface area contributed by atoms with Crippen molar-refractivity contribution in [1.29, 1.82) is 0 Å². The Morgan fingerprint density at radius 3 is 3.14 bits per heavy atom. The fourth-order valence-electron chi connectivity index (χ4n) is 1.89. The zero-order valence-corrected chi connectivity index (χ0v) is 7.86. The van der Waals surface area contributed by atoms with E-state index >= 15 is 0 Å². The minimum Gasteiger partial charge on any atom is -0.480 e. The molecule has 2 aliphatic heterocycles. The average molecular weight is 222 g/mol. The zero-order valence-electron chi connectivity index (χ0n) is 7.10. The minimum absolute atomic E-state index is 0.113. The molecule has 5 nitrogen and oxygen atoms in total. The maximum absolute atomic E-state index is 13.1. The van der Waals surface area contributed by atoms with Gasteiger partial charge in [0.25, 0.3) is 0 Å². The van der Waals surface area contributed by atoms with Gasteiger partial charge in [-0.25, -0.2) is 5.43 Å². The van der Waals surface area contributed by atoms with Crippen molar-refractivity contribution in [3.8, 4) is 0 Å². The first-order valence-corrected chi connectivity index (χ1v) is 4.63. The SMILES string of the molecule is O=C(O)C1C2C(Cl)C=NCC2NN1F. The van der Waals surface area contributed by atoms with E-state index in [4.69, 9.17) is 16.7 Å². The van der Waals surface area contributed by atoms with Crippen molar-refractivity contribution < 1.29 is 14.4 Å². The molecule has 78 valence electrons. The van der Waals surface area contributed by atoms with Gasteiger partial charge in [0.05, 0.1) is 18.0 Å². The fraction of sp³-hybridized carbons (Fsp3) is 0.714. The Morgan fingerprint density at radius 2 is 2.50 bits per heavy atom. The highest BCUT2D eigenvalue weighted by Gasteiger charge is 2.50. The van der Waals surface area contributed by atoms with E-state index in [9.17, 15) is 9.28 Å². The second kappa shape index (κ2) is 3.45. The molecule has 0 spiro atoms. The molecule has 2 heterocycles. The van der Waals surface area contributed by atoms with Gasteiger partial charge in [-0.05, 0) is 0 Å². The van der Waals surface area contributed by atoms with E-state index in [1.807, 2.05) is 0 Å². The van der Waals surface area contributed by atoms with Crippen molar-refractivity contribution in [2.45, 2.75) is 17.5 Å². The average Bonchev–Trinajstić information content (AvgIpc) is 2.42. The van der Waals surface area contributed by atoms with Crippen LogP contribution in [0, 0.1) is 5.92 Å². The molecule has 1 fully saturated rings. The lowest BCUT2D eigenvalue weighted by atomic mass is 9.89. The third kappa shape index (κ3) is 1.39. The third-order valence-electron chi connectivity index (χ3n) is 2.53. The molecule has 14 heavy (non-hydrogen) atoms. The first kappa shape index (κ1) is 9.82. The monoisotopic (exact) mass is 221 g/mol. The number of alkyl halides is 1. The number of fused-ring (bicyclic) bond motifs is 1. The summed E-state index contributed by atoms with van der Waals surface area (Å²) in [7, 11) is 0. The first-order valence-electron chi connectivity index (χ1n) is 4.19. The number of nitrogens with one attached hydrogen (secondary N) is 1. The Labute approximate surface area is 84.5 Å². The van der Waals surface area contributed by atoms with Crippen molar-refractivity contribution in [2.75, 3.05) is 6.54 Å². The van der Waals surface area contributed by atoms with Crippen LogP contribution in [0.5, 0.6) is 0 Å². The molecule has 0 aromatic carbocycles. The molecule has 0 aromatic rings. The molecule has 1 saturated heterocycles. The van der Waals surface area contributed by atoms with E-state index in [1.54, 1.807) is 0 Å². The van der Waals surface area contributed by atoms with Crippen LogP contribution in [0.2, 0.25) is 0 Å². The van der Waals surface area contributed by atoms with E-state index in [-0.39, 0.29) is 11.3 Å². The molecule has 4 unspecified atom stereocenters. The van der Waals surface area contributed by atoms with E-state index in [0.717, 1.165) is 0 Å². The summed E-state index contributed by atoms with van der Waals surface area (Å²) in [4.78, 5) is 14.7. The van der Waals surface area contributed by atoms with Crippen LogP contribution in [0.1, 0.15) is 0 Å². The molecule has 0 aromatic heterocycles. The van der Waals surface area contributed by atoms with Crippen LogP contribution in [0.4, 0.5) is 4.48 Å². The number of nitrogens with zero attached hydrogens (tertiary/aromatic N) is 2. The number of halogens is 2. The standard InChI is InChI=1S/C7H9ClFN3O2/c8-3-1-10-2-4-5(3)6(7(13)14)12(9)11-4/h1,3-6,11H,2H2,(H,13,14). The number of hydrazine groups is 1. The Morgan fingerprint density at radius 1 is 1.79 bits per heavy atom. The molecule has 2 rings (SSSR count). The Bertz CT molecular complexity index is 288. The summed E-state index contributed by atoms with van der Waals surface area (Å²) >= 11 is 5.88. The number of aliphatic carboxylic acids is 1. The first-order chi connectivity index (χ1) is 6.61. The van der Waals surface area contributed by atoms with Crippen LogP contribution in [0.3, 0.4) is 0 Å². The lowest BCUT2D eigenvalue weighted by Gasteiger charge is -2.24. The fourth-order valence-corrected chi connectivity index (χ4v) is 2.28. The Hall–Kier alpha value is -0.720. The number of hydrogen-bond donors (Lipinski definition) is 2. The maximum atomic E-state index is 13.1. The highest BCUT2D eigenvalue weighted by Crippen LogP contribution is 2.30. The number of carboxylic acids is 1. The summed E-state index contributed by atoms with van der Waals surface area (Å²) in [5.74, 6) is -1.69. The Balaban J connectivity index is 2.25. The smallest absolute Gasteiger partial charge is 0.325 e. The molecular weight excluding hydrogens is 213 g/mol.